The van der Waals surface area contributed by atoms with Crippen molar-refractivity contribution in [3.8, 4) is 6.07 Å². The first-order valence-electron chi connectivity index (χ1n) is 7.54. The lowest BCUT2D eigenvalue weighted by Crippen LogP contribution is -2.23. The maximum Gasteiger partial charge on any atom is 0.230 e. The van der Waals surface area contributed by atoms with E-state index in [1.807, 2.05) is 49.1 Å². The van der Waals surface area contributed by atoms with Crippen molar-refractivity contribution >= 4 is 11.9 Å². The van der Waals surface area contributed by atoms with Crippen LogP contribution in [0.15, 0.2) is 24.3 Å². The average molecular weight is 310 g/mol. The Labute approximate surface area is 137 Å². The van der Waals surface area contributed by atoms with Gasteiger partial charge in [0, 0.05) is 33.6 Å². The smallest absolute Gasteiger partial charge is 0.230 e. The zero-order chi connectivity index (χ0) is 17.0. The van der Waals surface area contributed by atoms with Crippen molar-refractivity contribution in [3.05, 3.63) is 41.2 Å². The van der Waals surface area contributed by atoms with E-state index in [1.54, 1.807) is 6.07 Å². The van der Waals surface area contributed by atoms with Crippen LogP contribution in [0.2, 0.25) is 0 Å². The lowest BCUT2D eigenvalue weighted by Gasteiger charge is -2.20. The Morgan fingerprint density at radius 3 is 2.39 bits per heavy atom. The molecule has 0 N–H and O–H groups in total. The third kappa shape index (κ3) is 4.16. The van der Waals surface area contributed by atoms with Crippen molar-refractivity contribution < 1.29 is 0 Å². The van der Waals surface area contributed by atoms with E-state index in [0.29, 0.717) is 24.0 Å². The molecular weight excluding hydrogens is 288 g/mol. The van der Waals surface area contributed by atoms with Crippen molar-refractivity contribution in [2.75, 3.05) is 30.9 Å². The molecule has 0 bridgehead atoms. The highest BCUT2D eigenvalue weighted by atomic mass is 15.3. The molecule has 1 aromatic heterocycles. The van der Waals surface area contributed by atoms with Gasteiger partial charge < -0.3 is 9.80 Å². The first kappa shape index (κ1) is 16.7. The Bertz CT molecular complexity index is 691. The van der Waals surface area contributed by atoms with Gasteiger partial charge in [-0.2, -0.15) is 20.2 Å². The lowest BCUT2D eigenvalue weighted by atomic mass is 10.1. The molecule has 6 heteroatoms. The number of rotatable bonds is 5. The second-order valence-electron chi connectivity index (χ2n) is 6.01. The van der Waals surface area contributed by atoms with Crippen LogP contribution in [-0.2, 0) is 6.54 Å². The van der Waals surface area contributed by atoms with Gasteiger partial charge >= 0.3 is 0 Å². The quantitative estimate of drug-likeness (QED) is 0.845. The molecule has 0 unspecified atom stereocenters. The molecule has 0 saturated carbocycles. The van der Waals surface area contributed by atoms with Gasteiger partial charge in [0.05, 0.1) is 11.6 Å². The number of hydrogen-bond donors (Lipinski definition) is 0. The molecule has 0 atom stereocenters. The molecule has 0 aliphatic rings. The standard InChI is InChI=1S/C17H22N6/c1-12(2)15-19-16(22(3)4)21-17(20-15)23(5)11-14-8-6-7-13(9-14)10-18/h6-9,12H,11H2,1-5H3. The molecule has 0 saturated heterocycles. The third-order valence-electron chi connectivity index (χ3n) is 3.36. The van der Waals surface area contributed by atoms with Crippen molar-refractivity contribution in [2.24, 2.45) is 0 Å². The van der Waals surface area contributed by atoms with Crippen LogP contribution in [0.1, 0.15) is 36.7 Å². The molecule has 0 amide bonds. The monoisotopic (exact) mass is 310 g/mol. The molecule has 0 radical (unpaired) electrons. The summed E-state index contributed by atoms with van der Waals surface area (Å²) in [5.74, 6) is 2.29. The Hall–Kier alpha value is -2.68. The number of anilines is 2. The fourth-order valence-electron chi connectivity index (χ4n) is 2.08. The second kappa shape index (κ2) is 7.05. The van der Waals surface area contributed by atoms with Gasteiger partial charge in [-0.15, -0.1) is 0 Å². The Morgan fingerprint density at radius 2 is 1.78 bits per heavy atom. The molecule has 2 aromatic rings. The van der Waals surface area contributed by atoms with Gasteiger partial charge in [-0.05, 0) is 17.7 Å². The van der Waals surface area contributed by atoms with Crippen LogP contribution >= 0.6 is 0 Å². The van der Waals surface area contributed by atoms with Gasteiger partial charge in [0.15, 0.2) is 0 Å². The zero-order valence-electron chi connectivity index (χ0n) is 14.3. The first-order valence-corrected chi connectivity index (χ1v) is 7.54. The second-order valence-corrected chi connectivity index (χ2v) is 6.01. The van der Waals surface area contributed by atoms with Crippen LogP contribution < -0.4 is 9.80 Å². The maximum atomic E-state index is 9.01. The topological polar surface area (TPSA) is 68.9 Å². The van der Waals surface area contributed by atoms with Gasteiger partial charge in [0.1, 0.15) is 5.82 Å². The van der Waals surface area contributed by atoms with Gasteiger partial charge in [0.25, 0.3) is 0 Å². The summed E-state index contributed by atoms with van der Waals surface area (Å²) in [6, 6.07) is 9.73. The summed E-state index contributed by atoms with van der Waals surface area (Å²) in [4.78, 5) is 17.4. The minimum atomic E-state index is 0.228. The van der Waals surface area contributed by atoms with E-state index in [0.717, 1.165) is 11.4 Å². The predicted octanol–water partition coefficient (Wildman–Crippen LogP) is 2.57. The van der Waals surface area contributed by atoms with Crippen molar-refractivity contribution in [3.63, 3.8) is 0 Å². The van der Waals surface area contributed by atoms with E-state index in [2.05, 4.69) is 34.9 Å². The van der Waals surface area contributed by atoms with Crippen LogP contribution in [0.5, 0.6) is 0 Å². The van der Waals surface area contributed by atoms with Gasteiger partial charge in [-0.1, -0.05) is 26.0 Å². The number of hydrogen-bond acceptors (Lipinski definition) is 6. The number of nitrogens with zero attached hydrogens (tertiary/aromatic N) is 6. The normalized spacial score (nSPS) is 10.5. The molecular formula is C17H22N6. The Balaban J connectivity index is 2.30. The largest absolute Gasteiger partial charge is 0.347 e. The maximum absolute atomic E-state index is 9.01. The summed E-state index contributed by atoms with van der Waals surface area (Å²) in [7, 11) is 5.77. The average Bonchev–Trinajstić information content (AvgIpc) is 2.54. The summed E-state index contributed by atoms with van der Waals surface area (Å²) >= 11 is 0. The minimum absolute atomic E-state index is 0.228. The van der Waals surface area contributed by atoms with Crippen LogP contribution in [0, 0.1) is 11.3 Å². The molecule has 120 valence electrons. The Morgan fingerprint density at radius 1 is 1.09 bits per heavy atom. The molecule has 2 rings (SSSR count). The highest BCUT2D eigenvalue weighted by molar-refractivity contribution is 5.40. The van der Waals surface area contributed by atoms with E-state index < -0.39 is 0 Å². The molecule has 0 aliphatic carbocycles. The summed E-state index contributed by atoms with van der Waals surface area (Å²) in [5.41, 5.74) is 1.70. The van der Waals surface area contributed by atoms with E-state index in [1.165, 1.54) is 0 Å². The Kier molecular flexibility index (Phi) is 5.12. The van der Waals surface area contributed by atoms with Crippen molar-refractivity contribution in [1.29, 1.82) is 5.26 Å². The first-order chi connectivity index (χ1) is 10.9. The molecule has 23 heavy (non-hydrogen) atoms. The van der Waals surface area contributed by atoms with Gasteiger partial charge in [-0.25, -0.2) is 0 Å². The summed E-state index contributed by atoms with van der Waals surface area (Å²) in [6.07, 6.45) is 0. The number of nitriles is 1. The van der Waals surface area contributed by atoms with Gasteiger partial charge in [0.2, 0.25) is 11.9 Å². The van der Waals surface area contributed by atoms with E-state index in [4.69, 9.17) is 5.26 Å². The summed E-state index contributed by atoms with van der Waals surface area (Å²) < 4.78 is 0. The number of benzene rings is 1. The molecule has 0 aliphatic heterocycles. The van der Waals surface area contributed by atoms with Crippen molar-refractivity contribution in [1.82, 2.24) is 15.0 Å². The van der Waals surface area contributed by atoms with Crippen LogP contribution in [0.4, 0.5) is 11.9 Å². The fourth-order valence-corrected chi connectivity index (χ4v) is 2.08. The zero-order valence-corrected chi connectivity index (χ0v) is 14.3. The fraction of sp³-hybridized carbons (Fsp3) is 0.412. The van der Waals surface area contributed by atoms with Crippen LogP contribution in [0.25, 0.3) is 0 Å². The third-order valence-corrected chi connectivity index (χ3v) is 3.36. The minimum Gasteiger partial charge on any atom is -0.347 e. The lowest BCUT2D eigenvalue weighted by molar-refractivity contribution is 0.736. The SMILES string of the molecule is CC(C)c1nc(N(C)C)nc(N(C)Cc2cccc(C#N)c2)n1. The molecule has 1 heterocycles. The van der Waals surface area contributed by atoms with E-state index >= 15 is 0 Å². The van der Waals surface area contributed by atoms with Crippen LogP contribution in [0.3, 0.4) is 0 Å². The summed E-state index contributed by atoms with van der Waals surface area (Å²) in [6.45, 7) is 4.76. The summed E-state index contributed by atoms with van der Waals surface area (Å²) in [5, 5.41) is 9.01. The predicted molar refractivity (Wildman–Crippen MR) is 91.5 cm³/mol. The molecule has 1 aromatic carbocycles. The molecule has 6 nitrogen and oxygen atoms in total. The van der Waals surface area contributed by atoms with Gasteiger partial charge in [-0.3, -0.25) is 0 Å². The molecule has 0 spiro atoms. The van der Waals surface area contributed by atoms with Crippen LogP contribution in [-0.4, -0.2) is 36.1 Å². The highest BCUT2D eigenvalue weighted by Gasteiger charge is 2.14. The number of aromatic nitrogens is 3. The highest BCUT2D eigenvalue weighted by Crippen LogP contribution is 2.18. The van der Waals surface area contributed by atoms with E-state index in [-0.39, 0.29) is 5.92 Å². The van der Waals surface area contributed by atoms with E-state index in [9.17, 15) is 0 Å². The van der Waals surface area contributed by atoms with Crippen molar-refractivity contribution in [2.45, 2.75) is 26.3 Å². The molecule has 0 fully saturated rings.